The van der Waals surface area contributed by atoms with Crippen LogP contribution >= 0.6 is 0 Å². The molecule has 1 aliphatic heterocycles. The smallest absolute Gasteiger partial charge is 0.0702 e. The van der Waals surface area contributed by atoms with E-state index in [0.29, 0.717) is 6.10 Å². The first-order valence-corrected chi connectivity index (χ1v) is 6.20. The van der Waals surface area contributed by atoms with Crippen molar-refractivity contribution in [3.8, 4) is 0 Å². The minimum atomic E-state index is 0.516. The SMILES string of the molecule is CCCCCC1CN(CCC)CCO1. The Morgan fingerprint density at radius 3 is 2.79 bits per heavy atom. The van der Waals surface area contributed by atoms with Crippen LogP contribution in [-0.4, -0.2) is 37.2 Å². The third kappa shape index (κ3) is 4.43. The van der Waals surface area contributed by atoms with E-state index >= 15 is 0 Å². The Balaban J connectivity index is 2.12. The predicted molar refractivity (Wildman–Crippen MR) is 60.6 cm³/mol. The van der Waals surface area contributed by atoms with Crippen LogP contribution in [0.15, 0.2) is 0 Å². The van der Waals surface area contributed by atoms with E-state index in [4.69, 9.17) is 4.74 Å². The lowest BCUT2D eigenvalue weighted by Crippen LogP contribution is -2.42. The van der Waals surface area contributed by atoms with Gasteiger partial charge in [-0.2, -0.15) is 0 Å². The molecule has 0 saturated carbocycles. The summed E-state index contributed by atoms with van der Waals surface area (Å²) in [6.07, 6.45) is 7.04. The summed E-state index contributed by atoms with van der Waals surface area (Å²) in [5.41, 5.74) is 0. The molecule has 0 aliphatic carbocycles. The van der Waals surface area contributed by atoms with Crippen LogP contribution in [-0.2, 0) is 4.74 Å². The Morgan fingerprint density at radius 2 is 2.07 bits per heavy atom. The highest BCUT2D eigenvalue weighted by Gasteiger charge is 2.18. The lowest BCUT2D eigenvalue weighted by molar-refractivity contribution is -0.0328. The van der Waals surface area contributed by atoms with Crippen molar-refractivity contribution in [1.29, 1.82) is 0 Å². The van der Waals surface area contributed by atoms with E-state index in [1.165, 1.54) is 38.6 Å². The topological polar surface area (TPSA) is 12.5 Å². The molecule has 1 rings (SSSR count). The molecule has 1 aliphatic rings. The molecule has 0 bridgehead atoms. The van der Waals surface area contributed by atoms with Crippen LogP contribution in [0.4, 0.5) is 0 Å². The lowest BCUT2D eigenvalue weighted by atomic mass is 10.1. The molecule has 1 fully saturated rings. The van der Waals surface area contributed by atoms with Crippen LogP contribution in [0.25, 0.3) is 0 Å². The molecule has 0 radical (unpaired) electrons. The van der Waals surface area contributed by atoms with Crippen molar-refractivity contribution in [2.75, 3.05) is 26.2 Å². The van der Waals surface area contributed by atoms with Gasteiger partial charge in [-0.05, 0) is 19.4 Å². The van der Waals surface area contributed by atoms with Gasteiger partial charge in [0, 0.05) is 13.1 Å². The average Bonchev–Trinajstić information content (AvgIpc) is 2.19. The minimum Gasteiger partial charge on any atom is -0.376 e. The Morgan fingerprint density at radius 1 is 1.21 bits per heavy atom. The van der Waals surface area contributed by atoms with Crippen LogP contribution in [0.2, 0.25) is 0 Å². The van der Waals surface area contributed by atoms with Crippen molar-refractivity contribution >= 4 is 0 Å². The summed E-state index contributed by atoms with van der Waals surface area (Å²) in [5, 5.41) is 0. The molecule has 0 aromatic heterocycles. The van der Waals surface area contributed by atoms with E-state index in [9.17, 15) is 0 Å². The van der Waals surface area contributed by atoms with Crippen molar-refractivity contribution in [2.24, 2.45) is 0 Å². The zero-order valence-electron chi connectivity index (χ0n) is 9.80. The lowest BCUT2D eigenvalue weighted by Gasteiger charge is -2.32. The molecule has 1 atom stereocenters. The second-order valence-electron chi connectivity index (χ2n) is 4.29. The van der Waals surface area contributed by atoms with Gasteiger partial charge in [0.1, 0.15) is 0 Å². The monoisotopic (exact) mass is 199 g/mol. The summed E-state index contributed by atoms with van der Waals surface area (Å²) >= 11 is 0. The van der Waals surface area contributed by atoms with Crippen LogP contribution < -0.4 is 0 Å². The fraction of sp³-hybridized carbons (Fsp3) is 1.00. The molecule has 1 saturated heterocycles. The molecule has 0 amide bonds. The van der Waals surface area contributed by atoms with Crippen molar-refractivity contribution in [2.45, 2.75) is 52.1 Å². The first kappa shape index (κ1) is 12.0. The first-order chi connectivity index (χ1) is 6.86. The highest BCUT2D eigenvalue weighted by Crippen LogP contribution is 2.12. The van der Waals surface area contributed by atoms with Gasteiger partial charge in [-0.15, -0.1) is 0 Å². The van der Waals surface area contributed by atoms with E-state index in [1.54, 1.807) is 0 Å². The molecule has 2 nitrogen and oxygen atoms in total. The highest BCUT2D eigenvalue weighted by molar-refractivity contribution is 4.70. The third-order valence-corrected chi connectivity index (χ3v) is 2.89. The van der Waals surface area contributed by atoms with Gasteiger partial charge in [-0.25, -0.2) is 0 Å². The van der Waals surface area contributed by atoms with E-state index in [1.807, 2.05) is 0 Å². The molecule has 0 N–H and O–H groups in total. The standard InChI is InChI=1S/C12H25NO/c1-3-5-6-7-12-11-13(8-4-2)9-10-14-12/h12H,3-11H2,1-2H3. The maximum Gasteiger partial charge on any atom is 0.0702 e. The van der Waals surface area contributed by atoms with Crippen LogP contribution in [0.1, 0.15) is 46.0 Å². The second-order valence-corrected chi connectivity index (χ2v) is 4.29. The quantitative estimate of drug-likeness (QED) is 0.610. The van der Waals surface area contributed by atoms with E-state index in [2.05, 4.69) is 18.7 Å². The molecule has 1 heterocycles. The minimum absolute atomic E-state index is 0.516. The molecule has 0 spiro atoms. The number of hydrogen-bond acceptors (Lipinski definition) is 2. The van der Waals surface area contributed by atoms with Gasteiger partial charge in [0.25, 0.3) is 0 Å². The van der Waals surface area contributed by atoms with Crippen LogP contribution in [0.5, 0.6) is 0 Å². The number of nitrogens with zero attached hydrogens (tertiary/aromatic N) is 1. The van der Waals surface area contributed by atoms with Crippen molar-refractivity contribution in [3.05, 3.63) is 0 Å². The van der Waals surface area contributed by atoms with Gasteiger partial charge < -0.3 is 4.74 Å². The fourth-order valence-electron chi connectivity index (χ4n) is 2.10. The zero-order valence-corrected chi connectivity index (χ0v) is 9.80. The molecule has 1 unspecified atom stereocenters. The number of unbranched alkanes of at least 4 members (excludes halogenated alkanes) is 2. The van der Waals surface area contributed by atoms with Gasteiger partial charge in [-0.1, -0.05) is 33.1 Å². The van der Waals surface area contributed by atoms with Gasteiger partial charge in [0.05, 0.1) is 12.7 Å². The second kappa shape index (κ2) is 7.24. The van der Waals surface area contributed by atoms with E-state index in [-0.39, 0.29) is 0 Å². The number of morpholine rings is 1. The van der Waals surface area contributed by atoms with Crippen LogP contribution in [0, 0.1) is 0 Å². The summed E-state index contributed by atoms with van der Waals surface area (Å²) in [4.78, 5) is 2.54. The maximum absolute atomic E-state index is 5.76. The third-order valence-electron chi connectivity index (χ3n) is 2.89. The Kier molecular flexibility index (Phi) is 6.20. The highest BCUT2D eigenvalue weighted by atomic mass is 16.5. The molecular formula is C12H25NO. The van der Waals surface area contributed by atoms with Crippen LogP contribution in [0.3, 0.4) is 0 Å². The fourth-order valence-corrected chi connectivity index (χ4v) is 2.10. The molecular weight excluding hydrogens is 174 g/mol. The van der Waals surface area contributed by atoms with Gasteiger partial charge in [-0.3, -0.25) is 4.90 Å². The van der Waals surface area contributed by atoms with Crippen molar-refractivity contribution in [3.63, 3.8) is 0 Å². The van der Waals surface area contributed by atoms with E-state index < -0.39 is 0 Å². The molecule has 0 aromatic carbocycles. The Bertz CT molecular complexity index is 136. The first-order valence-electron chi connectivity index (χ1n) is 6.20. The molecule has 14 heavy (non-hydrogen) atoms. The number of ether oxygens (including phenoxy) is 1. The molecule has 84 valence electrons. The summed E-state index contributed by atoms with van der Waals surface area (Å²) in [7, 11) is 0. The summed E-state index contributed by atoms with van der Waals surface area (Å²) in [6.45, 7) is 8.99. The van der Waals surface area contributed by atoms with Gasteiger partial charge >= 0.3 is 0 Å². The van der Waals surface area contributed by atoms with Crippen molar-refractivity contribution < 1.29 is 4.74 Å². The predicted octanol–water partition coefficient (Wildman–Crippen LogP) is 2.68. The normalized spacial score (nSPS) is 24.0. The maximum atomic E-state index is 5.76. The number of hydrogen-bond donors (Lipinski definition) is 0. The van der Waals surface area contributed by atoms with Crippen molar-refractivity contribution in [1.82, 2.24) is 4.90 Å². The molecule has 2 heteroatoms. The summed E-state index contributed by atoms with van der Waals surface area (Å²) in [5.74, 6) is 0. The van der Waals surface area contributed by atoms with E-state index in [0.717, 1.165) is 19.7 Å². The Hall–Kier alpha value is -0.0800. The largest absolute Gasteiger partial charge is 0.376 e. The van der Waals surface area contributed by atoms with Gasteiger partial charge in [0.15, 0.2) is 0 Å². The van der Waals surface area contributed by atoms with Gasteiger partial charge in [0.2, 0.25) is 0 Å². The summed E-state index contributed by atoms with van der Waals surface area (Å²) < 4.78 is 5.76. The Labute approximate surface area is 88.6 Å². The molecule has 0 aromatic rings. The number of rotatable bonds is 6. The zero-order chi connectivity index (χ0) is 10.2. The summed E-state index contributed by atoms with van der Waals surface area (Å²) in [6, 6.07) is 0. The average molecular weight is 199 g/mol.